The van der Waals surface area contributed by atoms with Gasteiger partial charge in [-0.15, -0.1) is 0 Å². The summed E-state index contributed by atoms with van der Waals surface area (Å²) >= 11 is 0. The zero-order chi connectivity index (χ0) is 11.4. The fraction of sp³-hybridized carbons (Fsp3) is 0.571. The molecule has 1 aromatic rings. The maximum Gasteiger partial charge on any atom is 0.0833 e. The molecule has 0 unspecified atom stereocenters. The number of aliphatic hydroxyl groups is 1. The Kier molecular flexibility index (Phi) is 3.97. The summed E-state index contributed by atoms with van der Waals surface area (Å²) in [5.41, 5.74) is 1.05. The van der Waals surface area contributed by atoms with Crippen LogP contribution in [0.2, 0.25) is 0 Å². The number of hydrogen-bond donors (Lipinski definition) is 2. The van der Waals surface area contributed by atoms with Crippen LogP contribution in [0.4, 0.5) is 0 Å². The first kappa shape index (κ1) is 11.6. The van der Waals surface area contributed by atoms with E-state index in [4.69, 9.17) is 0 Å². The van der Waals surface area contributed by atoms with E-state index in [0.29, 0.717) is 12.0 Å². The molecule has 1 fully saturated rings. The molecule has 88 valence electrons. The molecule has 2 nitrogen and oxygen atoms in total. The summed E-state index contributed by atoms with van der Waals surface area (Å²) in [4.78, 5) is 0. The lowest BCUT2D eigenvalue weighted by Gasteiger charge is -2.35. The maximum atomic E-state index is 10.4. The van der Waals surface area contributed by atoms with Crippen LogP contribution in [0.3, 0.4) is 0 Å². The maximum absolute atomic E-state index is 10.4. The number of rotatable bonds is 3. The van der Waals surface area contributed by atoms with Gasteiger partial charge in [-0.25, -0.2) is 0 Å². The molecule has 2 rings (SSSR count). The summed E-state index contributed by atoms with van der Waals surface area (Å²) in [5, 5.41) is 13.9. The third-order valence-corrected chi connectivity index (χ3v) is 3.62. The molecule has 16 heavy (non-hydrogen) atoms. The van der Waals surface area contributed by atoms with Gasteiger partial charge in [0.25, 0.3) is 0 Å². The van der Waals surface area contributed by atoms with Crippen LogP contribution in [0.5, 0.6) is 0 Å². The Morgan fingerprint density at radius 1 is 1.38 bits per heavy atom. The van der Waals surface area contributed by atoms with Crippen molar-refractivity contribution in [2.24, 2.45) is 5.92 Å². The summed E-state index contributed by atoms with van der Waals surface area (Å²) in [6, 6.07) is 10.5. The van der Waals surface area contributed by atoms with E-state index in [-0.39, 0.29) is 6.10 Å². The highest BCUT2D eigenvalue weighted by Crippen LogP contribution is 2.31. The highest BCUT2D eigenvalue weighted by atomic mass is 16.3. The molecular formula is C14H21NO. The molecule has 1 saturated heterocycles. The molecule has 0 aliphatic carbocycles. The Hall–Kier alpha value is -0.860. The van der Waals surface area contributed by atoms with Crippen LogP contribution in [0.15, 0.2) is 30.3 Å². The van der Waals surface area contributed by atoms with E-state index in [9.17, 15) is 5.11 Å². The minimum absolute atomic E-state index is 0.320. The van der Waals surface area contributed by atoms with E-state index in [1.807, 2.05) is 30.3 Å². The van der Waals surface area contributed by atoms with Gasteiger partial charge in [0.15, 0.2) is 0 Å². The fourth-order valence-corrected chi connectivity index (χ4v) is 2.70. The summed E-state index contributed by atoms with van der Waals surface area (Å²) in [6.07, 6.45) is 3.07. The van der Waals surface area contributed by atoms with Crippen molar-refractivity contribution in [2.75, 3.05) is 6.54 Å². The van der Waals surface area contributed by atoms with Crippen molar-refractivity contribution >= 4 is 0 Å². The third kappa shape index (κ3) is 2.45. The molecular weight excluding hydrogens is 198 g/mol. The second-order valence-corrected chi connectivity index (χ2v) is 4.63. The first-order valence-electron chi connectivity index (χ1n) is 6.29. The average molecular weight is 219 g/mol. The Bertz CT molecular complexity index is 312. The number of hydrogen-bond acceptors (Lipinski definition) is 2. The van der Waals surface area contributed by atoms with Crippen molar-refractivity contribution in [2.45, 2.75) is 38.3 Å². The second-order valence-electron chi connectivity index (χ2n) is 4.63. The molecule has 2 N–H and O–H groups in total. The first-order chi connectivity index (χ1) is 7.83. The topological polar surface area (TPSA) is 32.3 Å². The van der Waals surface area contributed by atoms with Crippen molar-refractivity contribution in [3.8, 4) is 0 Å². The Morgan fingerprint density at radius 2 is 2.12 bits per heavy atom. The molecule has 0 spiro atoms. The van der Waals surface area contributed by atoms with Crippen LogP contribution in [-0.2, 0) is 0 Å². The van der Waals surface area contributed by atoms with Gasteiger partial charge in [-0.05, 0) is 31.4 Å². The summed E-state index contributed by atoms with van der Waals surface area (Å²) < 4.78 is 0. The van der Waals surface area contributed by atoms with E-state index < -0.39 is 0 Å². The van der Waals surface area contributed by atoms with Crippen LogP contribution < -0.4 is 5.32 Å². The molecule has 0 radical (unpaired) electrons. The highest BCUT2D eigenvalue weighted by molar-refractivity contribution is 5.18. The molecule has 1 heterocycles. The molecule has 0 amide bonds. The monoisotopic (exact) mass is 219 g/mol. The lowest BCUT2D eigenvalue weighted by molar-refractivity contribution is 0.0638. The van der Waals surface area contributed by atoms with E-state index in [1.54, 1.807) is 0 Å². The first-order valence-corrected chi connectivity index (χ1v) is 6.29. The average Bonchev–Trinajstić information content (AvgIpc) is 2.39. The van der Waals surface area contributed by atoms with Gasteiger partial charge in [-0.3, -0.25) is 0 Å². The quantitative estimate of drug-likeness (QED) is 0.818. The SMILES string of the molecule is CC[C@@H]1NCCC[C@H]1[C@@H](O)c1ccccc1. The van der Waals surface area contributed by atoms with Gasteiger partial charge in [0.2, 0.25) is 0 Å². The van der Waals surface area contributed by atoms with Crippen LogP contribution in [-0.4, -0.2) is 17.7 Å². The number of nitrogens with one attached hydrogen (secondary N) is 1. The minimum atomic E-state index is -0.320. The van der Waals surface area contributed by atoms with Crippen molar-refractivity contribution < 1.29 is 5.11 Å². The second kappa shape index (κ2) is 5.46. The third-order valence-electron chi connectivity index (χ3n) is 3.62. The largest absolute Gasteiger partial charge is 0.388 e. The van der Waals surface area contributed by atoms with Gasteiger partial charge in [0.05, 0.1) is 6.10 Å². The van der Waals surface area contributed by atoms with Gasteiger partial charge < -0.3 is 10.4 Å². The van der Waals surface area contributed by atoms with Gasteiger partial charge in [0, 0.05) is 12.0 Å². The zero-order valence-corrected chi connectivity index (χ0v) is 9.89. The molecule has 1 aliphatic rings. The Balaban J connectivity index is 2.10. The van der Waals surface area contributed by atoms with Gasteiger partial charge in [-0.2, -0.15) is 0 Å². The molecule has 2 heteroatoms. The predicted octanol–water partition coefficient (Wildman–Crippen LogP) is 2.50. The van der Waals surface area contributed by atoms with Gasteiger partial charge in [-0.1, -0.05) is 37.3 Å². The number of piperidine rings is 1. The Labute approximate surface area is 97.7 Å². The molecule has 3 atom stereocenters. The van der Waals surface area contributed by atoms with Crippen LogP contribution >= 0.6 is 0 Å². The van der Waals surface area contributed by atoms with Gasteiger partial charge in [0.1, 0.15) is 0 Å². The zero-order valence-electron chi connectivity index (χ0n) is 9.89. The standard InChI is InChI=1S/C14H21NO/c1-2-13-12(9-6-10-15-13)14(16)11-7-4-3-5-8-11/h3-5,7-8,12-16H,2,6,9-10H2,1H3/t12-,13+,14+/m1/s1. The molecule has 0 bridgehead atoms. The number of benzene rings is 1. The van der Waals surface area contributed by atoms with Crippen molar-refractivity contribution in [1.29, 1.82) is 0 Å². The molecule has 1 aromatic carbocycles. The summed E-state index contributed by atoms with van der Waals surface area (Å²) in [6.45, 7) is 3.28. The molecule has 0 saturated carbocycles. The smallest absolute Gasteiger partial charge is 0.0833 e. The fourth-order valence-electron chi connectivity index (χ4n) is 2.70. The van der Waals surface area contributed by atoms with E-state index in [1.165, 1.54) is 6.42 Å². The van der Waals surface area contributed by atoms with E-state index >= 15 is 0 Å². The normalized spacial score (nSPS) is 27.6. The van der Waals surface area contributed by atoms with Crippen molar-refractivity contribution in [3.63, 3.8) is 0 Å². The lowest BCUT2D eigenvalue weighted by atomic mass is 9.82. The number of aliphatic hydroxyl groups excluding tert-OH is 1. The summed E-state index contributed by atoms with van der Waals surface area (Å²) in [7, 11) is 0. The van der Waals surface area contributed by atoms with Crippen molar-refractivity contribution in [1.82, 2.24) is 5.32 Å². The molecule has 0 aromatic heterocycles. The van der Waals surface area contributed by atoms with Crippen LogP contribution in [0, 0.1) is 5.92 Å². The lowest BCUT2D eigenvalue weighted by Crippen LogP contribution is -2.43. The van der Waals surface area contributed by atoms with Crippen LogP contribution in [0.25, 0.3) is 0 Å². The van der Waals surface area contributed by atoms with Crippen LogP contribution in [0.1, 0.15) is 37.9 Å². The minimum Gasteiger partial charge on any atom is -0.388 e. The molecule has 1 aliphatic heterocycles. The van der Waals surface area contributed by atoms with E-state index in [0.717, 1.165) is 24.9 Å². The Morgan fingerprint density at radius 3 is 2.81 bits per heavy atom. The van der Waals surface area contributed by atoms with Gasteiger partial charge >= 0.3 is 0 Å². The highest BCUT2D eigenvalue weighted by Gasteiger charge is 2.30. The van der Waals surface area contributed by atoms with Crippen molar-refractivity contribution in [3.05, 3.63) is 35.9 Å². The predicted molar refractivity (Wildman–Crippen MR) is 66.2 cm³/mol. The van der Waals surface area contributed by atoms with E-state index in [2.05, 4.69) is 12.2 Å². The summed E-state index contributed by atoms with van der Waals surface area (Å²) in [5.74, 6) is 0.362.